The molecule has 1 fully saturated rings. The molecule has 5 heteroatoms. The van der Waals surface area contributed by atoms with Crippen molar-refractivity contribution >= 4 is 0 Å². The van der Waals surface area contributed by atoms with Crippen LogP contribution >= 0.6 is 0 Å². The topological polar surface area (TPSA) is 54.2 Å². The van der Waals surface area contributed by atoms with Gasteiger partial charge in [0, 0.05) is 56.5 Å². The van der Waals surface area contributed by atoms with Crippen molar-refractivity contribution in [2.24, 2.45) is 13.0 Å². The van der Waals surface area contributed by atoms with Crippen molar-refractivity contribution in [1.82, 2.24) is 19.7 Å². The third kappa shape index (κ3) is 2.73. The summed E-state index contributed by atoms with van der Waals surface area (Å²) >= 11 is 0. The maximum absolute atomic E-state index is 9.24. The Hall–Kier alpha value is -1.72. The highest BCUT2D eigenvalue weighted by Gasteiger charge is 2.23. The van der Waals surface area contributed by atoms with E-state index in [0.717, 1.165) is 37.3 Å². The van der Waals surface area contributed by atoms with Crippen molar-refractivity contribution in [3.05, 3.63) is 36.3 Å². The predicted molar refractivity (Wildman–Crippen MR) is 76.9 cm³/mol. The minimum Gasteiger partial charge on any atom is -0.396 e. The van der Waals surface area contributed by atoms with Gasteiger partial charge in [-0.25, -0.2) is 0 Å². The molecule has 1 saturated heterocycles. The van der Waals surface area contributed by atoms with E-state index in [1.807, 2.05) is 30.1 Å². The average molecular weight is 272 g/mol. The van der Waals surface area contributed by atoms with Crippen LogP contribution in [0.25, 0.3) is 11.3 Å². The van der Waals surface area contributed by atoms with Gasteiger partial charge in [0.1, 0.15) is 0 Å². The van der Waals surface area contributed by atoms with Crippen molar-refractivity contribution < 1.29 is 5.11 Å². The van der Waals surface area contributed by atoms with Crippen molar-refractivity contribution in [3.8, 4) is 11.3 Å². The second kappa shape index (κ2) is 5.73. The Balaban J connectivity index is 1.80. The fraction of sp³-hybridized carbons (Fsp3) is 0.467. The number of aliphatic hydroxyl groups excluding tert-OH is 1. The van der Waals surface area contributed by atoms with Crippen LogP contribution in [0.15, 0.2) is 30.7 Å². The van der Waals surface area contributed by atoms with Crippen LogP contribution in [0.4, 0.5) is 0 Å². The van der Waals surface area contributed by atoms with Crippen LogP contribution in [-0.4, -0.2) is 44.5 Å². The molecular weight excluding hydrogens is 252 g/mol. The van der Waals surface area contributed by atoms with Crippen molar-refractivity contribution in [1.29, 1.82) is 0 Å². The number of rotatable bonds is 4. The molecule has 0 radical (unpaired) electrons. The zero-order chi connectivity index (χ0) is 13.9. The zero-order valence-electron chi connectivity index (χ0n) is 11.7. The number of aliphatic hydroxyl groups is 1. The van der Waals surface area contributed by atoms with E-state index >= 15 is 0 Å². The van der Waals surface area contributed by atoms with Crippen LogP contribution in [0, 0.1) is 5.92 Å². The van der Waals surface area contributed by atoms with E-state index in [-0.39, 0.29) is 0 Å². The lowest BCUT2D eigenvalue weighted by Crippen LogP contribution is -2.21. The van der Waals surface area contributed by atoms with Crippen molar-refractivity contribution in [3.63, 3.8) is 0 Å². The molecule has 0 saturated carbocycles. The summed E-state index contributed by atoms with van der Waals surface area (Å²) in [7, 11) is 1.95. The first-order valence-corrected chi connectivity index (χ1v) is 7.02. The van der Waals surface area contributed by atoms with E-state index in [1.54, 1.807) is 6.20 Å². The number of aromatic nitrogens is 3. The van der Waals surface area contributed by atoms with Gasteiger partial charge in [-0.2, -0.15) is 5.10 Å². The summed E-state index contributed by atoms with van der Waals surface area (Å²) in [5, 5.41) is 13.8. The number of aryl methyl sites for hydroxylation is 1. The third-order valence-electron chi connectivity index (χ3n) is 3.86. The summed E-state index contributed by atoms with van der Waals surface area (Å²) in [4.78, 5) is 6.56. The Bertz CT molecular complexity index is 567. The van der Waals surface area contributed by atoms with Crippen molar-refractivity contribution in [2.45, 2.75) is 13.0 Å². The number of nitrogens with zero attached hydrogens (tertiary/aromatic N) is 4. The molecule has 0 aliphatic carbocycles. The number of hydrogen-bond acceptors (Lipinski definition) is 4. The molecule has 0 aromatic carbocycles. The maximum atomic E-state index is 9.24. The van der Waals surface area contributed by atoms with Crippen LogP contribution in [0.1, 0.15) is 12.0 Å². The van der Waals surface area contributed by atoms with Crippen LogP contribution in [0.3, 0.4) is 0 Å². The van der Waals surface area contributed by atoms with Crippen LogP contribution in [0.5, 0.6) is 0 Å². The van der Waals surface area contributed by atoms with E-state index in [9.17, 15) is 5.11 Å². The number of likely N-dealkylation sites (tertiary alicyclic amines) is 1. The normalized spacial score (nSPS) is 19.6. The molecule has 1 atom stereocenters. The Kier molecular flexibility index (Phi) is 3.80. The van der Waals surface area contributed by atoms with Gasteiger partial charge in [-0.1, -0.05) is 0 Å². The first-order chi connectivity index (χ1) is 9.76. The van der Waals surface area contributed by atoms with Crippen LogP contribution < -0.4 is 0 Å². The van der Waals surface area contributed by atoms with Gasteiger partial charge in [0.2, 0.25) is 0 Å². The highest BCUT2D eigenvalue weighted by atomic mass is 16.3. The lowest BCUT2D eigenvalue weighted by Gasteiger charge is -2.15. The van der Waals surface area contributed by atoms with Gasteiger partial charge in [-0.15, -0.1) is 0 Å². The van der Waals surface area contributed by atoms with E-state index in [1.165, 1.54) is 5.56 Å². The van der Waals surface area contributed by atoms with Gasteiger partial charge >= 0.3 is 0 Å². The molecule has 0 bridgehead atoms. The molecule has 2 aromatic rings. The second-order valence-electron chi connectivity index (χ2n) is 5.49. The Morgan fingerprint density at radius 3 is 3.05 bits per heavy atom. The molecule has 0 spiro atoms. The second-order valence-corrected chi connectivity index (χ2v) is 5.49. The summed E-state index contributed by atoms with van der Waals surface area (Å²) in [5.41, 5.74) is 3.29. The van der Waals surface area contributed by atoms with Crippen LogP contribution in [0.2, 0.25) is 0 Å². The van der Waals surface area contributed by atoms with E-state index < -0.39 is 0 Å². The minimum atomic E-state index is 0.291. The molecule has 5 nitrogen and oxygen atoms in total. The van der Waals surface area contributed by atoms with E-state index in [2.05, 4.69) is 21.2 Å². The molecule has 106 valence electrons. The van der Waals surface area contributed by atoms with E-state index in [4.69, 9.17) is 0 Å². The lowest BCUT2D eigenvalue weighted by atomic mass is 10.1. The summed E-state index contributed by atoms with van der Waals surface area (Å²) in [6.45, 7) is 3.19. The smallest absolute Gasteiger partial charge is 0.0983 e. The van der Waals surface area contributed by atoms with Gasteiger partial charge in [0.25, 0.3) is 0 Å². The average Bonchev–Trinajstić information content (AvgIpc) is 3.07. The first-order valence-electron chi connectivity index (χ1n) is 7.02. The summed E-state index contributed by atoms with van der Waals surface area (Å²) in [5.74, 6) is 0.425. The van der Waals surface area contributed by atoms with E-state index in [0.29, 0.717) is 12.5 Å². The highest BCUT2D eigenvalue weighted by Crippen LogP contribution is 2.24. The summed E-state index contributed by atoms with van der Waals surface area (Å²) < 4.78 is 1.86. The Labute approximate surface area is 118 Å². The Morgan fingerprint density at radius 2 is 2.35 bits per heavy atom. The molecule has 1 aliphatic rings. The van der Waals surface area contributed by atoms with Crippen molar-refractivity contribution in [2.75, 3.05) is 19.7 Å². The fourth-order valence-electron chi connectivity index (χ4n) is 2.85. The summed E-state index contributed by atoms with van der Waals surface area (Å²) in [6.07, 6.45) is 6.79. The molecule has 3 rings (SSSR count). The van der Waals surface area contributed by atoms with Gasteiger partial charge in [-0.3, -0.25) is 14.6 Å². The zero-order valence-corrected chi connectivity index (χ0v) is 11.7. The lowest BCUT2D eigenvalue weighted by molar-refractivity contribution is 0.220. The summed E-state index contributed by atoms with van der Waals surface area (Å²) in [6, 6.07) is 3.98. The molecule has 1 N–H and O–H groups in total. The number of hydrogen-bond donors (Lipinski definition) is 1. The first kappa shape index (κ1) is 13.3. The molecule has 3 heterocycles. The number of pyridine rings is 1. The molecule has 20 heavy (non-hydrogen) atoms. The third-order valence-corrected chi connectivity index (χ3v) is 3.86. The monoisotopic (exact) mass is 272 g/mol. The molecule has 0 amide bonds. The van der Waals surface area contributed by atoms with Gasteiger partial charge in [0.15, 0.2) is 0 Å². The maximum Gasteiger partial charge on any atom is 0.0983 e. The SMILES string of the molecule is Cn1cc(CN2CCC(CO)C2)c(-c2cccnc2)n1. The predicted octanol–water partition coefficient (Wildman–Crippen LogP) is 1.30. The van der Waals surface area contributed by atoms with Gasteiger partial charge in [-0.05, 0) is 31.0 Å². The Morgan fingerprint density at radius 1 is 1.45 bits per heavy atom. The van der Waals surface area contributed by atoms with Gasteiger partial charge in [0.05, 0.1) is 5.69 Å². The molecular formula is C15H20N4O. The largest absolute Gasteiger partial charge is 0.396 e. The molecule has 2 aromatic heterocycles. The quantitative estimate of drug-likeness (QED) is 0.911. The molecule has 1 aliphatic heterocycles. The van der Waals surface area contributed by atoms with Crippen LogP contribution in [-0.2, 0) is 13.6 Å². The fourth-order valence-corrected chi connectivity index (χ4v) is 2.85. The standard InChI is InChI=1S/C15H20N4O/c1-18-9-14(10-19-6-4-12(8-19)11-20)15(17-18)13-3-2-5-16-7-13/h2-3,5,7,9,12,20H,4,6,8,10-11H2,1H3. The minimum absolute atomic E-state index is 0.291. The van der Waals surface area contributed by atoms with Gasteiger partial charge < -0.3 is 5.11 Å². The molecule has 1 unspecified atom stereocenters. The highest BCUT2D eigenvalue weighted by molar-refractivity contribution is 5.61.